The van der Waals surface area contributed by atoms with Crippen molar-refractivity contribution in [3.8, 4) is 0 Å². The Hall–Kier alpha value is -1.80. The molecule has 1 unspecified atom stereocenters. The summed E-state index contributed by atoms with van der Waals surface area (Å²) in [5.41, 5.74) is 0.947. The molecule has 3 atom stereocenters. The van der Waals surface area contributed by atoms with Crippen LogP contribution < -0.4 is 10.6 Å². The van der Waals surface area contributed by atoms with Crippen molar-refractivity contribution in [1.29, 1.82) is 0 Å². The zero-order valence-electron chi connectivity index (χ0n) is 13.7. The van der Waals surface area contributed by atoms with Crippen LogP contribution in [0.25, 0.3) is 0 Å². The summed E-state index contributed by atoms with van der Waals surface area (Å²) < 4.78 is 19.1. The number of rotatable bonds is 6. The number of alkyl halides is 1. The number of ether oxygens (including phenoxy) is 1. The fourth-order valence-electron chi connectivity index (χ4n) is 3.23. The molecule has 0 aliphatic carbocycles. The molecule has 0 bridgehead atoms. The topological polar surface area (TPSA) is 79.4 Å². The van der Waals surface area contributed by atoms with Gasteiger partial charge in [0, 0.05) is 62.7 Å². The van der Waals surface area contributed by atoms with Crippen LogP contribution in [0, 0.1) is 5.92 Å². The Bertz CT molecular complexity index is 526. The normalized spacial score (nSPS) is 27.3. The number of hydrogen-bond donors (Lipinski definition) is 2. The summed E-state index contributed by atoms with van der Waals surface area (Å²) in [6.45, 7) is 3.50. The molecule has 3 rings (SSSR count). The quantitative estimate of drug-likeness (QED) is 0.800. The zero-order valence-corrected chi connectivity index (χ0v) is 13.7. The molecule has 0 radical (unpaired) electrons. The number of amides is 2. The van der Waals surface area contributed by atoms with Gasteiger partial charge in [-0.3, -0.25) is 4.90 Å². The summed E-state index contributed by atoms with van der Waals surface area (Å²) in [4.78, 5) is 21.9. The number of likely N-dealkylation sites (tertiary alicyclic amines) is 1. The zero-order chi connectivity index (χ0) is 16.8. The second kappa shape index (κ2) is 8.34. The molecule has 2 aliphatic heterocycles. The summed E-state index contributed by atoms with van der Waals surface area (Å²) in [6.07, 6.45) is 5.51. The van der Waals surface area contributed by atoms with Crippen LogP contribution in [0.15, 0.2) is 18.7 Å². The van der Waals surface area contributed by atoms with E-state index in [0.29, 0.717) is 45.1 Å². The molecule has 1 aromatic rings. The maximum Gasteiger partial charge on any atom is 0.314 e. The van der Waals surface area contributed by atoms with Crippen LogP contribution in [-0.2, 0) is 11.3 Å². The Morgan fingerprint density at radius 3 is 2.88 bits per heavy atom. The Labute approximate surface area is 141 Å². The molecule has 2 fully saturated rings. The van der Waals surface area contributed by atoms with Crippen molar-refractivity contribution in [1.82, 2.24) is 25.5 Å². The number of nitrogens with one attached hydrogen (secondary N) is 2. The first kappa shape index (κ1) is 17.0. The summed E-state index contributed by atoms with van der Waals surface area (Å²) in [5, 5.41) is 5.72. The highest BCUT2D eigenvalue weighted by molar-refractivity contribution is 5.73. The van der Waals surface area contributed by atoms with Gasteiger partial charge in [0.05, 0.1) is 6.61 Å². The lowest BCUT2D eigenvalue weighted by molar-refractivity contribution is 0.184. The van der Waals surface area contributed by atoms with Crippen molar-refractivity contribution in [2.24, 2.45) is 5.92 Å². The Morgan fingerprint density at radius 1 is 1.33 bits per heavy atom. The second-order valence-corrected chi connectivity index (χ2v) is 6.48. The van der Waals surface area contributed by atoms with E-state index < -0.39 is 6.17 Å². The average Bonchev–Trinajstić information content (AvgIpc) is 3.22. The van der Waals surface area contributed by atoms with E-state index in [0.717, 1.165) is 18.6 Å². The molecule has 3 heterocycles. The van der Waals surface area contributed by atoms with Gasteiger partial charge >= 0.3 is 6.03 Å². The monoisotopic (exact) mass is 337 g/mol. The number of hydrogen-bond acceptors (Lipinski definition) is 5. The highest BCUT2D eigenvalue weighted by Gasteiger charge is 2.32. The first-order chi connectivity index (χ1) is 11.7. The number of nitrogens with zero attached hydrogens (tertiary/aromatic N) is 3. The molecule has 0 aromatic carbocycles. The van der Waals surface area contributed by atoms with Crippen molar-refractivity contribution in [3.63, 3.8) is 0 Å². The molecule has 1 aromatic heterocycles. The van der Waals surface area contributed by atoms with E-state index in [1.54, 1.807) is 12.4 Å². The minimum absolute atomic E-state index is 0.0132. The van der Waals surface area contributed by atoms with Gasteiger partial charge in [-0.25, -0.2) is 19.2 Å². The van der Waals surface area contributed by atoms with Gasteiger partial charge in [0.25, 0.3) is 0 Å². The smallest absolute Gasteiger partial charge is 0.314 e. The standard InChI is InChI=1S/C16H24FN5O2/c17-14-3-15(22(9-14)8-13-4-18-11-19-5-13)7-21-16(23)20-6-12-1-2-24-10-12/h4-5,11-12,14-15H,1-3,6-10H2,(H2,20,21,23)/t12?,14-,15-/m0/s1. The van der Waals surface area contributed by atoms with Crippen molar-refractivity contribution in [2.45, 2.75) is 31.6 Å². The molecule has 2 aliphatic rings. The number of halogens is 1. The summed E-state index contributed by atoms with van der Waals surface area (Å²) >= 11 is 0. The van der Waals surface area contributed by atoms with Crippen LogP contribution in [0.2, 0.25) is 0 Å². The molecule has 2 N–H and O–H groups in total. The molecule has 2 saturated heterocycles. The second-order valence-electron chi connectivity index (χ2n) is 6.48. The predicted octanol–water partition coefficient (Wildman–Crippen LogP) is 0.725. The molecule has 8 heteroatoms. The Morgan fingerprint density at radius 2 is 2.12 bits per heavy atom. The molecular formula is C16H24FN5O2. The first-order valence-electron chi connectivity index (χ1n) is 8.42. The number of urea groups is 1. The maximum atomic E-state index is 13.8. The lowest BCUT2D eigenvalue weighted by Crippen LogP contribution is -2.44. The van der Waals surface area contributed by atoms with Gasteiger partial charge in [-0.1, -0.05) is 0 Å². The predicted molar refractivity (Wildman–Crippen MR) is 86.1 cm³/mol. The molecule has 24 heavy (non-hydrogen) atoms. The molecule has 2 amide bonds. The fraction of sp³-hybridized carbons (Fsp3) is 0.688. The van der Waals surface area contributed by atoms with Gasteiger partial charge < -0.3 is 15.4 Å². The van der Waals surface area contributed by atoms with Crippen molar-refractivity contribution >= 4 is 6.03 Å². The maximum absolute atomic E-state index is 13.8. The molecule has 132 valence electrons. The van der Waals surface area contributed by atoms with Gasteiger partial charge in [0.15, 0.2) is 0 Å². The van der Waals surface area contributed by atoms with Crippen molar-refractivity contribution in [3.05, 3.63) is 24.3 Å². The summed E-state index contributed by atoms with van der Waals surface area (Å²) in [5.74, 6) is 0.395. The number of carbonyl (C=O) groups is 1. The Balaban J connectivity index is 1.43. The minimum atomic E-state index is -0.861. The van der Waals surface area contributed by atoms with Gasteiger partial charge in [-0.15, -0.1) is 0 Å². The first-order valence-corrected chi connectivity index (χ1v) is 8.42. The van der Waals surface area contributed by atoms with E-state index in [4.69, 9.17) is 4.74 Å². The highest BCUT2D eigenvalue weighted by Crippen LogP contribution is 2.22. The third-order valence-corrected chi connectivity index (χ3v) is 4.55. The van der Waals surface area contributed by atoms with Crippen LogP contribution in [0.1, 0.15) is 18.4 Å². The van der Waals surface area contributed by atoms with Crippen LogP contribution in [0.4, 0.5) is 9.18 Å². The average molecular weight is 337 g/mol. The molecule has 0 spiro atoms. The van der Waals surface area contributed by atoms with Crippen LogP contribution >= 0.6 is 0 Å². The van der Waals surface area contributed by atoms with Crippen LogP contribution in [-0.4, -0.2) is 66.0 Å². The summed E-state index contributed by atoms with van der Waals surface area (Å²) in [7, 11) is 0. The molecular weight excluding hydrogens is 313 g/mol. The van der Waals surface area contributed by atoms with E-state index in [9.17, 15) is 9.18 Å². The van der Waals surface area contributed by atoms with E-state index >= 15 is 0 Å². The van der Waals surface area contributed by atoms with Crippen molar-refractivity contribution < 1.29 is 13.9 Å². The van der Waals surface area contributed by atoms with Gasteiger partial charge in [0.2, 0.25) is 0 Å². The third-order valence-electron chi connectivity index (χ3n) is 4.55. The van der Waals surface area contributed by atoms with Gasteiger partial charge in [-0.2, -0.15) is 0 Å². The van der Waals surface area contributed by atoms with E-state index in [2.05, 4.69) is 20.6 Å². The lowest BCUT2D eigenvalue weighted by Gasteiger charge is -2.24. The molecule has 7 nitrogen and oxygen atoms in total. The third kappa shape index (κ3) is 4.85. The Kier molecular flexibility index (Phi) is 5.92. The molecule has 0 saturated carbocycles. The lowest BCUT2D eigenvalue weighted by atomic mass is 10.1. The van der Waals surface area contributed by atoms with Crippen LogP contribution in [0.5, 0.6) is 0 Å². The number of carbonyl (C=O) groups excluding carboxylic acids is 1. The summed E-state index contributed by atoms with van der Waals surface area (Å²) in [6, 6.07) is -0.215. The number of aromatic nitrogens is 2. The van der Waals surface area contributed by atoms with Crippen molar-refractivity contribution in [2.75, 3.05) is 32.8 Å². The highest BCUT2D eigenvalue weighted by atomic mass is 19.1. The van der Waals surface area contributed by atoms with Crippen LogP contribution in [0.3, 0.4) is 0 Å². The fourth-order valence-corrected chi connectivity index (χ4v) is 3.23. The van der Waals surface area contributed by atoms with E-state index in [-0.39, 0.29) is 12.1 Å². The van der Waals surface area contributed by atoms with Gasteiger partial charge in [-0.05, 0) is 12.8 Å². The van der Waals surface area contributed by atoms with E-state index in [1.165, 1.54) is 6.33 Å². The van der Waals surface area contributed by atoms with E-state index in [1.807, 2.05) is 4.90 Å². The largest absolute Gasteiger partial charge is 0.381 e. The minimum Gasteiger partial charge on any atom is -0.381 e. The van der Waals surface area contributed by atoms with Gasteiger partial charge in [0.1, 0.15) is 12.5 Å². The SMILES string of the molecule is O=C(NCC1CCOC1)NC[C@@H]1C[C@H](F)CN1Cc1cncnc1.